The van der Waals surface area contributed by atoms with Crippen LogP contribution in [0.15, 0.2) is 23.1 Å². The summed E-state index contributed by atoms with van der Waals surface area (Å²) in [5.41, 5.74) is 1.62. The molecule has 1 aromatic carbocycles. The van der Waals surface area contributed by atoms with Crippen molar-refractivity contribution in [3.05, 3.63) is 18.2 Å². The smallest absolute Gasteiger partial charge is 0.251 e. The molecule has 1 fully saturated rings. The standard InChI is InChI=1S/C18H22N6O3S/c1-11(2)17(25)21-18-20-16-15(22-23-18)13-10-12(6-7-14(13)19-16)28(26,27)24-8-4-3-5-9-24/h6-7,10-11H,3-5,8-9H2,1-2H3,(H2,19,20,21,23,25). The third kappa shape index (κ3) is 3.33. The highest BCUT2D eigenvalue weighted by molar-refractivity contribution is 7.89. The Morgan fingerprint density at radius 3 is 2.64 bits per heavy atom. The number of nitrogens with zero attached hydrogens (tertiary/aromatic N) is 4. The first kappa shape index (κ1) is 18.8. The topological polar surface area (TPSA) is 121 Å². The first-order chi connectivity index (χ1) is 13.4. The molecule has 3 aromatic rings. The summed E-state index contributed by atoms with van der Waals surface area (Å²) in [7, 11) is -3.54. The zero-order valence-corrected chi connectivity index (χ0v) is 16.6. The predicted molar refractivity (Wildman–Crippen MR) is 105 cm³/mol. The molecule has 1 amide bonds. The minimum absolute atomic E-state index is 0.110. The van der Waals surface area contributed by atoms with Gasteiger partial charge in [-0.05, 0) is 31.0 Å². The Labute approximate surface area is 162 Å². The molecule has 9 nitrogen and oxygen atoms in total. The van der Waals surface area contributed by atoms with Crippen LogP contribution in [0.5, 0.6) is 0 Å². The molecule has 148 valence electrons. The molecule has 2 N–H and O–H groups in total. The molecule has 10 heteroatoms. The molecule has 3 heterocycles. The largest absolute Gasteiger partial charge is 0.338 e. The van der Waals surface area contributed by atoms with Crippen molar-refractivity contribution in [2.24, 2.45) is 5.92 Å². The number of aromatic amines is 1. The van der Waals surface area contributed by atoms with Crippen LogP contribution in [0.2, 0.25) is 0 Å². The number of amides is 1. The van der Waals surface area contributed by atoms with E-state index in [9.17, 15) is 13.2 Å². The summed E-state index contributed by atoms with van der Waals surface area (Å²) in [6.07, 6.45) is 2.83. The van der Waals surface area contributed by atoms with Crippen molar-refractivity contribution in [2.45, 2.75) is 38.0 Å². The van der Waals surface area contributed by atoms with Gasteiger partial charge in [-0.2, -0.15) is 9.29 Å². The van der Waals surface area contributed by atoms with Crippen molar-refractivity contribution in [2.75, 3.05) is 18.4 Å². The van der Waals surface area contributed by atoms with Crippen molar-refractivity contribution >= 4 is 43.9 Å². The van der Waals surface area contributed by atoms with E-state index in [-0.39, 0.29) is 22.7 Å². The normalized spacial score (nSPS) is 16.1. The lowest BCUT2D eigenvalue weighted by molar-refractivity contribution is -0.118. The Hall–Kier alpha value is -2.59. The summed E-state index contributed by atoms with van der Waals surface area (Å²) in [6.45, 7) is 4.64. The van der Waals surface area contributed by atoms with E-state index in [0.29, 0.717) is 35.2 Å². The zero-order chi connectivity index (χ0) is 19.9. The number of sulfonamides is 1. The van der Waals surface area contributed by atoms with Gasteiger partial charge in [0, 0.05) is 29.9 Å². The summed E-state index contributed by atoms with van der Waals surface area (Å²) in [5.74, 6) is -0.296. The Morgan fingerprint density at radius 2 is 1.93 bits per heavy atom. The van der Waals surface area contributed by atoms with Crippen LogP contribution in [-0.2, 0) is 14.8 Å². The van der Waals surface area contributed by atoms with Crippen LogP contribution < -0.4 is 5.32 Å². The number of rotatable bonds is 4. The van der Waals surface area contributed by atoms with E-state index < -0.39 is 10.0 Å². The van der Waals surface area contributed by atoms with Gasteiger partial charge in [0.1, 0.15) is 5.52 Å². The first-order valence-electron chi connectivity index (χ1n) is 9.33. The molecule has 0 aliphatic carbocycles. The van der Waals surface area contributed by atoms with Gasteiger partial charge in [0.2, 0.25) is 15.9 Å². The second-order valence-corrected chi connectivity index (χ2v) is 9.21. The van der Waals surface area contributed by atoms with Crippen molar-refractivity contribution in [3.63, 3.8) is 0 Å². The molecule has 1 saturated heterocycles. The molecule has 0 bridgehead atoms. The average Bonchev–Trinajstić information content (AvgIpc) is 3.05. The Balaban J connectivity index is 1.73. The molecule has 0 spiro atoms. The maximum absolute atomic E-state index is 12.9. The number of fused-ring (bicyclic) bond motifs is 3. The Bertz CT molecular complexity index is 1150. The summed E-state index contributed by atoms with van der Waals surface area (Å²) in [6, 6.07) is 4.92. The quantitative estimate of drug-likeness (QED) is 0.690. The van der Waals surface area contributed by atoms with Crippen LogP contribution in [0.25, 0.3) is 22.1 Å². The SMILES string of the molecule is CC(C)C(=O)Nc1nnc2c(n1)[nH]c1ccc(S(=O)(=O)N3CCCCC3)cc12. The number of benzene rings is 1. The van der Waals surface area contributed by atoms with E-state index in [0.717, 1.165) is 19.3 Å². The van der Waals surface area contributed by atoms with Gasteiger partial charge < -0.3 is 4.98 Å². The Kier molecular flexibility index (Phi) is 4.76. The molecule has 28 heavy (non-hydrogen) atoms. The molecule has 0 atom stereocenters. The van der Waals surface area contributed by atoms with Crippen LogP contribution in [0.1, 0.15) is 33.1 Å². The van der Waals surface area contributed by atoms with Gasteiger partial charge in [-0.15, -0.1) is 10.2 Å². The number of H-pyrrole nitrogens is 1. The van der Waals surface area contributed by atoms with E-state index in [1.807, 2.05) is 0 Å². The van der Waals surface area contributed by atoms with Gasteiger partial charge in [0.25, 0.3) is 5.95 Å². The highest BCUT2D eigenvalue weighted by atomic mass is 32.2. The number of aromatic nitrogens is 4. The number of anilines is 1. The van der Waals surface area contributed by atoms with Gasteiger partial charge in [0.15, 0.2) is 5.65 Å². The molecule has 4 rings (SSSR count). The van der Waals surface area contributed by atoms with Crippen molar-refractivity contribution in [1.82, 2.24) is 24.5 Å². The minimum atomic E-state index is -3.54. The van der Waals surface area contributed by atoms with Gasteiger partial charge in [0.05, 0.1) is 4.90 Å². The van der Waals surface area contributed by atoms with Gasteiger partial charge in [-0.25, -0.2) is 8.42 Å². The fourth-order valence-corrected chi connectivity index (χ4v) is 4.82. The monoisotopic (exact) mass is 402 g/mol. The molecule has 2 aromatic heterocycles. The van der Waals surface area contributed by atoms with E-state index in [2.05, 4.69) is 25.5 Å². The molecule has 0 radical (unpaired) electrons. The van der Waals surface area contributed by atoms with Gasteiger partial charge >= 0.3 is 0 Å². The summed E-state index contributed by atoms with van der Waals surface area (Å²) in [5, 5.41) is 11.4. The van der Waals surface area contributed by atoms with Crippen LogP contribution in [-0.4, -0.2) is 51.9 Å². The molecular weight excluding hydrogens is 380 g/mol. The second kappa shape index (κ2) is 7.10. The third-order valence-electron chi connectivity index (χ3n) is 4.90. The number of nitrogens with one attached hydrogen (secondary N) is 2. The van der Waals surface area contributed by atoms with E-state index in [4.69, 9.17) is 0 Å². The molecule has 1 aliphatic rings. The van der Waals surface area contributed by atoms with Crippen molar-refractivity contribution in [3.8, 4) is 0 Å². The molecule has 1 aliphatic heterocycles. The van der Waals surface area contributed by atoms with E-state index in [1.54, 1.807) is 32.0 Å². The van der Waals surface area contributed by atoms with Gasteiger partial charge in [-0.3, -0.25) is 10.1 Å². The molecular formula is C18H22N6O3S. The summed E-state index contributed by atoms with van der Waals surface area (Å²) < 4.78 is 27.4. The van der Waals surface area contributed by atoms with Crippen LogP contribution in [0, 0.1) is 5.92 Å². The number of carbonyl (C=O) groups excluding carboxylic acids is 1. The lowest BCUT2D eigenvalue weighted by Crippen LogP contribution is -2.35. The maximum atomic E-state index is 12.9. The highest BCUT2D eigenvalue weighted by Gasteiger charge is 2.26. The second-order valence-electron chi connectivity index (χ2n) is 7.27. The van der Waals surface area contributed by atoms with E-state index >= 15 is 0 Å². The zero-order valence-electron chi connectivity index (χ0n) is 15.8. The number of carbonyl (C=O) groups is 1. The number of hydrogen-bond acceptors (Lipinski definition) is 6. The number of hydrogen-bond donors (Lipinski definition) is 2. The predicted octanol–water partition coefficient (Wildman–Crippen LogP) is 2.28. The van der Waals surface area contributed by atoms with Crippen molar-refractivity contribution in [1.29, 1.82) is 0 Å². The fourth-order valence-electron chi connectivity index (χ4n) is 3.27. The number of piperidine rings is 1. The van der Waals surface area contributed by atoms with Crippen LogP contribution in [0.4, 0.5) is 5.95 Å². The third-order valence-corrected chi connectivity index (χ3v) is 6.79. The minimum Gasteiger partial charge on any atom is -0.338 e. The highest BCUT2D eigenvalue weighted by Crippen LogP contribution is 2.28. The van der Waals surface area contributed by atoms with Crippen LogP contribution in [0.3, 0.4) is 0 Å². The van der Waals surface area contributed by atoms with E-state index in [1.165, 1.54) is 4.31 Å². The lowest BCUT2D eigenvalue weighted by Gasteiger charge is -2.25. The van der Waals surface area contributed by atoms with Crippen LogP contribution >= 0.6 is 0 Å². The molecule has 0 unspecified atom stereocenters. The van der Waals surface area contributed by atoms with Crippen molar-refractivity contribution < 1.29 is 13.2 Å². The van der Waals surface area contributed by atoms with Gasteiger partial charge in [-0.1, -0.05) is 20.3 Å². The Morgan fingerprint density at radius 1 is 1.18 bits per heavy atom. The maximum Gasteiger partial charge on any atom is 0.251 e. The lowest BCUT2D eigenvalue weighted by atomic mass is 10.2. The summed E-state index contributed by atoms with van der Waals surface area (Å²) >= 11 is 0. The average molecular weight is 402 g/mol. The first-order valence-corrected chi connectivity index (χ1v) is 10.8. The fraction of sp³-hybridized carbons (Fsp3) is 0.444. The molecule has 0 saturated carbocycles. The summed E-state index contributed by atoms with van der Waals surface area (Å²) in [4.78, 5) is 19.5.